The molecule has 1 radical (unpaired) electrons. The predicted molar refractivity (Wildman–Crippen MR) is 62.1 cm³/mol. The molecule has 0 aromatic rings. The standard InChI is InChI=1S/C9H19B2O5/c1-9(12)7(16-11-2)6(4-14-5-10)15-8(9)13-3/h6-8,10-12H,4-5H2,1-3H3/t6-,7-,8?,9?/m1/s1/i10D,11D. The summed E-state index contributed by atoms with van der Waals surface area (Å²) in [6.45, 7) is 3.45. The summed E-state index contributed by atoms with van der Waals surface area (Å²) in [5.74, 6) is 0. The third-order valence-corrected chi connectivity index (χ3v) is 2.59. The Morgan fingerprint density at radius 1 is 1.75 bits per heavy atom. The molecule has 5 nitrogen and oxygen atoms in total. The highest BCUT2D eigenvalue weighted by Gasteiger charge is 2.53. The van der Waals surface area contributed by atoms with Gasteiger partial charge in [0.05, 0.1) is 6.61 Å². The first kappa shape index (κ1) is 11.0. The molecule has 7 heteroatoms. The van der Waals surface area contributed by atoms with E-state index in [-0.39, 0.29) is 13.1 Å². The van der Waals surface area contributed by atoms with Crippen molar-refractivity contribution in [2.24, 2.45) is 0 Å². The summed E-state index contributed by atoms with van der Waals surface area (Å²) in [6.07, 6.45) is -2.06. The maximum Gasteiger partial charge on any atom is 0.272 e. The molecule has 1 N–H and O–H groups in total. The monoisotopic (exact) mass is 231 g/mol. The number of aliphatic hydroxyl groups is 1. The van der Waals surface area contributed by atoms with E-state index < -0.39 is 31.5 Å². The molecule has 1 saturated heterocycles. The van der Waals surface area contributed by atoms with Crippen LogP contribution in [0.4, 0.5) is 0 Å². The van der Waals surface area contributed by atoms with Crippen molar-refractivity contribution in [1.29, 1.82) is 2.67 Å². The van der Waals surface area contributed by atoms with E-state index in [1.165, 1.54) is 7.11 Å². The zero-order chi connectivity index (χ0) is 13.8. The fourth-order valence-corrected chi connectivity index (χ4v) is 1.86. The van der Waals surface area contributed by atoms with Crippen LogP contribution in [0.5, 0.6) is 0 Å². The Morgan fingerprint density at radius 3 is 3.06 bits per heavy atom. The van der Waals surface area contributed by atoms with Crippen LogP contribution >= 0.6 is 0 Å². The van der Waals surface area contributed by atoms with Crippen LogP contribution in [0, 0.1) is 0 Å². The van der Waals surface area contributed by atoms with Crippen LogP contribution in [0.3, 0.4) is 0 Å². The van der Waals surface area contributed by atoms with Gasteiger partial charge in [0.15, 0.2) is 6.29 Å². The van der Waals surface area contributed by atoms with Gasteiger partial charge in [0.25, 0.3) is 7.45 Å². The van der Waals surface area contributed by atoms with Gasteiger partial charge >= 0.3 is 0 Å². The van der Waals surface area contributed by atoms with Crippen LogP contribution in [0.25, 0.3) is 0 Å². The Labute approximate surface area is 101 Å². The molecule has 1 aliphatic heterocycles. The van der Waals surface area contributed by atoms with Gasteiger partial charge < -0.3 is 24.0 Å². The van der Waals surface area contributed by atoms with Crippen LogP contribution in [-0.2, 0) is 18.9 Å². The molecule has 4 atom stereocenters. The molecule has 0 aromatic carbocycles. The Bertz CT molecular complexity index is 257. The zero-order valence-corrected chi connectivity index (χ0v) is 9.88. The number of hydrogen-bond donors (Lipinski definition) is 1. The summed E-state index contributed by atoms with van der Waals surface area (Å²) in [5, 5.41) is 10.3. The second kappa shape index (κ2) is 6.02. The van der Waals surface area contributed by atoms with Crippen molar-refractivity contribution in [3.05, 3.63) is 0 Å². The average molecular weight is 231 g/mol. The third kappa shape index (κ3) is 2.78. The average Bonchev–Trinajstić information content (AvgIpc) is 2.52. The Kier molecular flexibility index (Phi) is 4.16. The summed E-state index contributed by atoms with van der Waals surface area (Å²) < 4.78 is 35.4. The molecule has 1 fully saturated rings. The summed E-state index contributed by atoms with van der Waals surface area (Å²) in [7, 11) is 1.77. The smallest absolute Gasteiger partial charge is 0.272 e. The summed E-state index contributed by atoms with van der Waals surface area (Å²) in [5.41, 5.74) is -1.34. The van der Waals surface area contributed by atoms with E-state index >= 15 is 0 Å². The summed E-state index contributed by atoms with van der Waals surface area (Å²) >= 11 is 0. The Balaban J connectivity index is 2.68. The maximum absolute atomic E-state index is 10.3. The van der Waals surface area contributed by atoms with E-state index in [1.54, 1.807) is 13.7 Å². The molecule has 1 rings (SSSR count). The lowest BCUT2D eigenvalue weighted by Gasteiger charge is -2.29. The largest absolute Gasteiger partial charge is 0.432 e. The van der Waals surface area contributed by atoms with Crippen molar-refractivity contribution in [2.75, 3.05) is 20.2 Å². The highest BCUT2D eigenvalue weighted by molar-refractivity contribution is 6.24. The molecule has 0 aliphatic carbocycles. The van der Waals surface area contributed by atoms with Crippen molar-refractivity contribution >= 4 is 15.3 Å². The minimum Gasteiger partial charge on any atom is -0.432 e. The van der Waals surface area contributed by atoms with Gasteiger partial charge in [-0.1, -0.05) is 6.82 Å². The van der Waals surface area contributed by atoms with E-state index in [0.717, 1.165) is 7.81 Å². The first-order valence-corrected chi connectivity index (χ1v) is 5.19. The van der Waals surface area contributed by atoms with Crippen molar-refractivity contribution < 1.29 is 24.0 Å². The second-order valence-electron chi connectivity index (χ2n) is 3.80. The Hall–Kier alpha value is -0.0701. The molecule has 1 aliphatic rings. The number of hydrogen-bond acceptors (Lipinski definition) is 5. The molecular weight excluding hydrogens is 210 g/mol. The van der Waals surface area contributed by atoms with Crippen LogP contribution in [-0.4, -0.2) is 67.4 Å². The molecule has 0 saturated carbocycles. The molecule has 0 spiro atoms. The van der Waals surface area contributed by atoms with Gasteiger partial charge in [0.2, 0.25) is 0 Å². The minimum atomic E-state index is -1.34. The van der Waals surface area contributed by atoms with Crippen LogP contribution in [0.2, 0.25) is 6.82 Å². The van der Waals surface area contributed by atoms with Gasteiger partial charge in [0, 0.05) is 15.0 Å². The molecule has 16 heavy (non-hydrogen) atoms. The first-order chi connectivity index (χ1) is 8.43. The van der Waals surface area contributed by atoms with E-state index in [1.807, 2.05) is 0 Å². The summed E-state index contributed by atoms with van der Waals surface area (Å²) in [6, 6.07) is 0. The molecule has 1 heterocycles. The fraction of sp³-hybridized carbons (Fsp3) is 1.00. The van der Waals surface area contributed by atoms with Crippen molar-refractivity contribution in [3.8, 4) is 0 Å². The number of rotatable bonds is 7. The van der Waals surface area contributed by atoms with E-state index in [0.29, 0.717) is 0 Å². The van der Waals surface area contributed by atoms with E-state index in [2.05, 4.69) is 0 Å². The lowest BCUT2D eigenvalue weighted by atomic mass is 9.94. The summed E-state index contributed by atoms with van der Waals surface area (Å²) in [4.78, 5) is 0. The van der Waals surface area contributed by atoms with Gasteiger partial charge in [-0.15, -0.1) is 0 Å². The predicted octanol–water partition coefficient (Wildman–Crippen LogP) is -1.23. The van der Waals surface area contributed by atoms with Crippen LogP contribution < -0.4 is 0 Å². The normalized spacial score (nSPS) is 40.4. The van der Waals surface area contributed by atoms with Gasteiger partial charge in [-0.25, -0.2) is 0 Å². The molecule has 91 valence electrons. The van der Waals surface area contributed by atoms with Crippen LogP contribution in [0.1, 0.15) is 6.92 Å². The lowest BCUT2D eigenvalue weighted by Crippen LogP contribution is -2.48. The first-order valence-electron chi connectivity index (χ1n) is 6.35. The minimum absolute atomic E-state index is 0.169. The van der Waals surface area contributed by atoms with Crippen LogP contribution in [0.15, 0.2) is 0 Å². The van der Waals surface area contributed by atoms with Gasteiger partial charge in [0.1, 0.15) is 25.6 Å². The van der Waals surface area contributed by atoms with Gasteiger partial charge in [-0.3, -0.25) is 0 Å². The quantitative estimate of drug-likeness (QED) is 0.439. The SMILES string of the molecule is [2H][B]COC[C@H]1OC(OC)C(C)(O)[C@@H]1OB([2H])C. The molecule has 0 bridgehead atoms. The van der Waals surface area contributed by atoms with Crippen molar-refractivity contribution in [3.63, 3.8) is 0 Å². The second-order valence-corrected chi connectivity index (χ2v) is 3.80. The van der Waals surface area contributed by atoms with Gasteiger partial charge in [-0.2, -0.15) is 0 Å². The lowest BCUT2D eigenvalue weighted by molar-refractivity contribution is -0.187. The molecule has 0 amide bonds. The highest BCUT2D eigenvalue weighted by atomic mass is 16.7. The van der Waals surface area contributed by atoms with E-state index in [4.69, 9.17) is 21.5 Å². The van der Waals surface area contributed by atoms with Gasteiger partial charge in [-0.05, 0) is 8.26 Å². The third-order valence-electron chi connectivity index (χ3n) is 2.59. The molecule has 2 unspecified atom stereocenters. The topological polar surface area (TPSA) is 57.2 Å². The van der Waals surface area contributed by atoms with Crippen molar-refractivity contribution in [1.82, 2.24) is 0 Å². The number of methoxy groups -OCH3 is 1. The Morgan fingerprint density at radius 2 is 2.50 bits per heavy atom. The molecular formula is C9H19B2O5. The fourth-order valence-electron chi connectivity index (χ4n) is 1.86. The molecule has 0 aromatic heterocycles. The highest BCUT2D eigenvalue weighted by Crippen LogP contribution is 2.33. The van der Waals surface area contributed by atoms with E-state index in [9.17, 15) is 5.11 Å². The maximum atomic E-state index is 10.3. The van der Waals surface area contributed by atoms with Crippen molar-refractivity contribution in [2.45, 2.75) is 37.8 Å². The number of ether oxygens (including phenoxy) is 3. The zero-order valence-electron chi connectivity index (χ0n) is 11.9.